The summed E-state index contributed by atoms with van der Waals surface area (Å²) in [6.45, 7) is 2.31. The van der Waals surface area contributed by atoms with Gasteiger partial charge in [0.1, 0.15) is 4.90 Å². The van der Waals surface area contributed by atoms with Gasteiger partial charge in [0.15, 0.2) is 5.82 Å². The van der Waals surface area contributed by atoms with E-state index in [1.165, 1.54) is 12.3 Å². The van der Waals surface area contributed by atoms with E-state index in [9.17, 15) is 8.42 Å². The number of ether oxygens (including phenoxy) is 1. The van der Waals surface area contributed by atoms with Gasteiger partial charge in [0.25, 0.3) is 0 Å². The van der Waals surface area contributed by atoms with E-state index in [0.29, 0.717) is 13.2 Å². The molecule has 1 aliphatic rings. The minimum atomic E-state index is -3.69. The van der Waals surface area contributed by atoms with Crippen LogP contribution in [0.1, 0.15) is 0 Å². The van der Waals surface area contributed by atoms with Crippen LogP contribution in [-0.2, 0) is 14.8 Å². The van der Waals surface area contributed by atoms with E-state index in [-0.39, 0.29) is 28.4 Å². The van der Waals surface area contributed by atoms with Crippen LogP contribution < -0.4 is 16.0 Å². The summed E-state index contributed by atoms with van der Waals surface area (Å²) in [5.41, 5.74) is 2.28. The second-order valence-corrected chi connectivity index (χ2v) is 6.93. The summed E-state index contributed by atoms with van der Waals surface area (Å²) in [5.74, 6) is 5.41. The first-order valence-electron chi connectivity index (χ1n) is 6.34. The van der Waals surface area contributed by atoms with Gasteiger partial charge in [-0.3, -0.25) is 0 Å². The van der Waals surface area contributed by atoms with Gasteiger partial charge in [-0.05, 0) is 13.1 Å². The molecule has 1 atom stereocenters. The van der Waals surface area contributed by atoms with Crippen molar-refractivity contribution in [2.24, 2.45) is 5.84 Å². The Kier molecular flexibility index (Phi) is 5.36. The van der Waals surface area contributed by atoms with Gasteiger partial charge in [-0.1, -0.05) is 11.6 Å². The van der Waals surface area contributed by atoms with Gasteiger partial charge in [-0.25, -0.2) is 24.0 Å². The third kappa shape index (κ3) is 4.25. The molecule has 0 spiro atoms. The molecule has 0 amide bonds. The fraction of sp³-hybridized carbons (Fsp3) is 0.545. The maximum absolute atomic E-state index is 12.2. The highest BCUT2D eigenvalue weighted by atomic mass is 35.5. The van der Waals surface area contributed by atoms with Crippen molar-refractivity contribution < 1.29 is 13.2 Å². The molecule has 1 fully saturated rings. The van der Waals surface area contributed by atoms with Crippen molar-refractivity contribution in [3.8, 4) is 0 Å². The molecule has 0 radical (unpaired) electrons. The first-order valence-corrected chi connectivity index (χ1v) is 8.20. The van der Waals surface area contributed by atoms with Crippen molar-refractivity contribution in [3.05, 3.63) is 17.3 Å². The molecule has 1 aromatic rings. The number of aromatic nitrogens is 1. The number of sulfonamides is 1. The van der Waals surface area contributed by atoms with Gasteiger partial charge in [0.05, 0.1) is 17.7 Å². The van der Waals surface area contributed by atoms with Crippen molar-refractivity contribution >= 4 is 27.4 Å². The molecule has 1 aromatic heterocycles. The average Bonchev–Trinajstić information content (AvgIpc) is 2.45. The van der Waals surface area contributed by atoms with E-state index in [1.807, 2.05) is 7.05 Å². The number of nitrogen functional groups attached to an aromatic ring is 1. The van der Waals surface area contributed by atoms with Crippen LogP contribution in [0.15, 0.2) is 17.2 Å². The fourth-order valence-corrected chi connectivity index (χ4v) is 3.27. The lowest BCUT2D eigenvalue weighted by Gasteiger charge is -2.30. The van der Waals surface area contributed by atoms with Crippen LogP contribution in [-0.4, -0.2) is 57.7 Å². The van der Waals surface area contributed by atoms with Crippen molar-refractivity contribution in [2.75, 3.05) is 38.7 Å². The van der Waals surface area contributed by atoms with Gasteiger partial charge in [-0.15, -0.1) is 0 Å². The van der Waals surface area contributed by atoms with E-state index in [4.69, 9.17) is 22.2 Å². The summed E-state index contributed by atoms with van der Waals surface area (Å²) in [5, 5.41) is 0.133. The number of hydrazine groups is 1. The molecule has 0 saturated carbocycles. The highest BCUT2D eigenvalue weighted by Crippen LogP contribution is 2.21. The van der Waals surface area contributed by atoms with Crippen LogP contribution in [0.2, 0.25) is 5.02 Å². The molecule has 4 N–H and O–H groups in total. The highest BCUT2D eigenvalue weighted by molar-refractivity contribution is 7.89. The van der Waals surface area contributed by atoms with Crippen LogP contribution >= 0.6 is 11.6 Å². The number of nitrogens with zero attached hydrogens (tertiary/aromatic N) is 2. The predicted molar refractivity (Wildman–Crippen MR) is 79.5 cm³/mol. The second-order valence-electron chi connectivity index (χ2n) is 4.75. The standard InChI is InChI=1S/C11H18ClN5O3S/c1-17-2-3-20-8(7-17)5-15-21(18,19)9-4-10(12)11(16-13)14-6-9/h4,6,8,15H,2-3,5,7,13H2,1H3,(H,14,16). The molecular formula is C11H18ClN5O3S. The van der Waals surface area contributed by atoms with E-state index < -0.39 is 10.0 Å². The number of anilines is 1. The Balaban J connectivity index is 2.02. The van der Waals surface area contributed by atoms with Gasteiger partial charge in [0, 0.05) is 25.8 Å². The summed E-state index contributed by atoms with van der Waals surface area (Å²) in [6.07, 6.45) is 1.02. The van der Waals surface area contributed by atoms with Gasteiger partial charge in [0.2, 0.25) is 10.0 Å². The number of nitrogens with two attached hydrogens (primary N) is 1. The van der Waals surface area contributed by atoms with Crippen LogP contribution in [0.3, 0.4) is 0 Å². The first-order chi connectivity index (χ1) is 9.92. The number of halogens is 1. The SMILES string of the molecule is CN1CCOC(CNS(=O)(=O)c2cnc(NN)c(Cl)c2)C1. The molecule has 1 aliphatic heterocycles. The molecule has 0 aromatic carbocycles. The van der Waals surface area contributed by atoms with E-state index in [0.717, 1.165) is 6.54 Å². The maximum Gasteiger partial charge on any atom is 0.242 e. The fourth-order valence-electron chi connectivity index (χ4n) is 1.95. The molecule has 10 heteroatoms. The minimum absolute atomic E-state index is 0.0179. The van der Waals surface area contributed by atoms with Gasteiger partial charge >= 0.3 is 0 Å². The highest BCUT2D eigenvalue weighted by Gasteiger charge is 2.22. The monoisotopic (exact) mass is 335 g/mol. The smallest absolute Gasteiger partial charge is 0.242 e. The molecule has 0 bridgehead atoms. The van der Waals surface area contributed by atoms with Crippen LogP contribution in [0, 0.1) is 0 Å². The molecule has 8 nitrogen and oxygen atoms in total. The number of rotatable bonds is 5. The van der Waals surface area contributed by atoms with E-state index >= 15 is 0 Å². The van der Waals surface area contributed by atoms with Crippen molar-refractivity contribution in [1.29, 1.82) is 0 Å². The number of hydrogen-bond donors (Lipinski definition) is 3. The van der Waals surface area contributed by atoms with Crippen molar-refractivity contribution in [2.45, 2.75) is 11.0 Å². The quantitative estimate of drug-likeness (QED) is 0.497. The lowest BCUT2D eigenvalue weighted by Crippen LogP contribution is -2.45. The summed E-state index contributed by atoms with van der Waals surface area (Å²) in [6, 6.07) is 1.29. The van der Waals surface area contributed by atoms with E-state index in [1.54, 1.807) is 0 Å². The second kappa shape index (κ2) is 6.86. The Hall–Kier alpha value is -0.970. The molecule has 1 unspecified atom stereocenters. The minimum Gasteiger partial charge on any atom is -0.374 e. The number of morpholine rings is 1. The zero-order valence-electron chi connectivity index (χ0n) is 11.5. The molecule has 0 aliphatic carbocycles. The zero-order valence-corrected chi connectivity index (χ0v) is 13.1. The topological polar surface area (TPSA) is 110 Å². The Morgan fingerprint density at radius 1 is 1.62 bits per heavy atom. The van der Waals surface area contributed by atoms with Crippen molar-refractivity contribution in [3.63, 3.8) is 0 Å². The Labute approximate surface area is 128 Å². The van der Waals surface area contributed by atoms with Crippen molar-refractivity contribution in [1.82, 2.24) is 14.6 Å². The van der Waals surface area contributed by atoms with E-state index in [2.05, 4.69) is 20.0 Å². The number of pyridine rings is 1. The summed E-state index contributed by atoms with van der Waals surface area (Å²) >= 11 is 5.87. The zero-order chi connectivity index (χ0) is 15.5. The number of nitrogens with one attached hydrogen (secondary N) is 2. The lowest BCUT2D eigenvalue weighted by molar-refractivity contribution is -0.0156. The Morgan fingerprint density at radius 2 is 2.38 bits per heavy atom. The predicted octanol–water partition coefficient (Wildman–Crippen LogP) is -0.370. The lowest BCUT2D eigenvalue weighted by atomic mass is 10.3. The third-order valence-corrected chi connectivity index (χ3v) is 4.78. The third-order valence-electron chi connectivity index (χ3n) is 3.11. The van der Waals surface area contributed by atoms with Gasteiger partial charge in [-0.2, -0.15) is 0 Å². The van der Waals surface area contributed by atoms with Crippen LogP contribution in [0.5, 0.6) is 0 Å². The Morgan fingerprint density at radius 3 is 3.00 bits per heavy atom. The molecule has 2 rings (SSSR count). The number of hydrogen-bond acceptors (Lipinski definition) is 7. The average molecular weight is 336 g/mol. The largest absolute Gasteiger partial charge is 0.374 e. The maximum atomic E-state index is 12.2. The summed E-state index contributed by atoms with van der Waals surface area (Å²) in [4.78, 5) is 5.91. The summed E-state index contributed by atoms with van der Waals surface area (Å²) < 4.78 is 32.4. The molecule has 118 valence electrons. The molecule has 1 saturated heterocycles. The first kappa shape index (κ1) is 16.4. The number of likely N-dealkylation sites (N-methyl/N-ethyl adjacent to an activating group) is 1. The van der Waals surface area contributed by atoms with Crippen LogP contribution in [0.25, 0.3) is 0 Å². The van der Waals surface area contributed by atoms with Gasteiger partial charge < -0.3 is 15.1 Å². The normalized spacial score (nSPS) is 20.4. The van der Waals surface area contributed by atoms with Crippen LogP contribution in [0.4, 0.5) is 5.82 Å². The molecule has 2 heterocycles. The molecule has 21 heavy (non-hydrogen) atoms. The Bertz CT molecular complexity index is 598. The summed E-state index contributed by atoms with van der Waals surface area (Å²) in [7, 11) is -1.72. The molecular weight excluding hydrogens is 318 g/mol.